The molecule has 1 aromatic carbocycles. The zero-order chi connectivity index (χ0) is 12.8. The van der Waals surface area contributed by atoms with Gasteiger partial charge in [-0.25, -0.2) is 0 Å². The molecule has 94 valence electrons. The topological polar surface area (TPSA) is 41.1 Å². The van der Waals surface area contributed by atoms with E-state index in [1.807, 2.05) is 19.1 Å². The molecule has 4 heteroatoms. The van der Waals surface area contributed by atoms with Crippen molar-refractivity contribution in [3.8, 4) is 0 Å². The van der Waals surface area contributed by atoms with Crippen LogP contribution in [0, 0.1) is 6.92 Å². The second-order valence-electron chi connectivity index (χ2n) is 4.30. The number of carbonyl (C=O) groups is 1. The summed E-state index contributed by atoms with van der Waals surface area (Å²) in [6, 6.07) is 5.89. The molecule has 0 aromatic heterocycles. The molecule has 0 saturated carbocycles. The largest absolute Gasteiger partial charge is 0.351 e. The summed E-state index contributed by atoms with van der Waals surface area (Å²) in [5, 5.41) is 6.60. The molecule has 2 N–H and O–H groups in total. The molecule has 0 aliphatic carbocycles. The molecule has 1 aromatic rings. The third-order valence-corrected chi connectivity index (χ3v) is 2.90. The van der Waals surface area contributed by atoms with Crippen molar-refractivity contribution >= 4 is 17.5 Å². The van der Waals surface area contributed by atoms with Gasteiger partial charge in [-0.3, -0.25) is 4.79 Å². The summed E-state index contributed by atoms with van der Waals surface area (Å²) in [5.74, 6) is -0.121. The highest BCUT2D eigenvalue weighted by molar-refractivity contribution is 6.34. The van der Waals surface area contributed by atoms with Gasteiger partial charge in [0.25, 0.3) is 5.91 Å². The van der Waals surface area contributed by atoms with Crippen LogP contribution in [0.25, 0.3) is 0 Å². The molecule has 0 radical (unpaired) electrons. The van der Waals surface area contributed by atoms with E-state index in [1.54, 1.807) is 6.07 Å². The molecule has 0 fully saturated rings. The normalized spacial score (nSPS) is 10.6. The summed E-state index contributed by atoms with van der Waals surface area (Å²) >= 11 is 6.07. The summed E-state index contributed by atoms with van der Waals surface area (Å²) in [6.07, 6.45) is 0. The number of hydrogen-bond acceptors (Lipinski definition) is 2. The van der Waals surface area contributed by atoms with Crippen LogP contribution in [0.4, 0.5) is 0 Å². The van der Waals surface area contributed by atoms with E-state index in [2.05, 4.69) is 24.5 Å². The van der Waals surface area contributed by atoms with E-state index < -0.39 is 0 Å². The van der Waals surface area contributed by atoms with Gasteiger partial charge in [0.15, 0.2) is 0 Å². The predicted octanol–water partition coefficient (Wildman–Crippen LogP) is 2.38. The Morgan fingerprint density at radius 1 is 1.35 bits per heavy atom. The summed E-state index contributed by atoms with van der Waals surface area (Å²) in [6.45, 7) is 7.38. The van der Waals surface area contributed by atoms with Crippen molar-refractivity contribution in [2.45, 2.75) is 26.8 Å². The van der Waals surface area contributed by atoms with Crippen LogP contribution in [0.3, 0.4) is 0 Å². The number of aryl methyl sites for hydroxylation is 1. The Balaban J connectivity index is 2.50. The van der Waals surface area contributed by atoms with Gasteiger partial charge in [0.1, 0.15) is 0 Å². The van der Waals surface area contributed by atoms with Gasteiger partial charge in [-0.1, -0.05) is 37.6 Å². The first kappa shape index (κ1) is 14.0. The van der Waals surface area contributed by atoms with Gasteiger partial charge in [0.05, 0.1) is 10.6 Å². The number of rotatable bonds is 5. The zero-order valence-electron chi connectivity index (χ0n) is 10.5. The first-order valence-corrected chi connectivity index (χ1v) is 6.17. The van der Waals surface area contributed by atoms with Crippen LogP contribution in [0.2, 0.25) is 5.02 Å². The van der Waals surface area contributed by atoms with Crippen LogP contribution >= 0.6 is 11.6 Å². The van der Waals surface area contributed by atoms with E-state index in [1.165, 1.54) is 0 Å². The smallest absolute Gasteiger partial charge is 0.252 e. The Bertz CT molecular complexity index is 391. The Morgan fingerprint density at radius 2 is 2.06 bits per heavy atom. The lowest BCUT2D eigenvalue weighted by Crippen LogP contribution is -2.34. The summed E-state index contributed by atoms with van der Waals surface area (Å²) < 4.78 is 0. The molecule has 0 heterocycles. The Kier molecular flexibility index (Phi) is 5.45. The quantitative estimate of drug-likeness (QED) is 0.793. The number of hydrogen-bond donors (Lipinski definition) is 2. The molecule has 0 atom stereocenters. The summed E-state index contributed by atoms with van der Waals surface area (Å²) in [7, 11) is 0. The Morgan fingerprint density at radius 3 is 2.71 bits per heavy atom. The van der Waals surface area contributed by atoms with Crippen molar-refractivity contribution in [2.24, 2.45) is 0 Å². The molecule has 0 saturated heterocycles. The van der Waals surface area contributed by atoms with Crippen molar-refractivity contribution in [2.75, 3.05) is 13.1 Å². The van der Waals surface area contributed by atoms with Gasteiger partial charge >= 0.3 is 0 Å². The minimum atomic E-state index is -0.121. The molecule has 0 unspecified atom stereocenters. The fraction of sp³-hybridized carbons (Fsp3) is 0.462. The summed E-state index contributed by atoms with van der Waals surface area (Å²) in [5.41, 5.74) is 1.45. The fourth-order valence-corrected chi connectivity index (χ4v) is 1.67. The third kappa shape index (κ3) is 4.36. The molecule has 0 aliphatic heterocycles. The lowest BCUT2D eigenvalue weighted by Gasteiger charge is -2.10. The third-order valence-electron chi connectivity index (χ3n) is 2.40. The molecular weight excluding hydrogens is 236 g/mol. The van der Waals surface area contributed by atoms with E-state index in [9.17, 15) is 4.79 Å². The highest BCUT2D eigenvalue weighted by Crippen LogP contribution is 2.19. The van der Waals surface area contributed by atoms with Crippen LogP contribution in [0.5, 0.6) is 0 Å². The molecule has 17 heavy (non-hydrogen) atoms. The minimum Gasteiger partial charge on any atom is -0.351 e. The fourth-order valence-electron chi connectivity index (χ4n) is 1.45. The highest BCUT2D eigenvalue weighted by atomic mass is 35.5. The average Bonchev–Trinajstić information content (AvgIpc) is 2.27. The van der Waals surface area contributed by atoms with E-state index in [-0.39, 0.29) is 5.91 Å². The lowest BCUT2D eigenvalue weighted by atomic mass is 10.1. The lowest BCUT2D eigenvalue weighted by molar-refractivity contribution is 0.0953. The summed E-state index contributed by atoms with van der Waals surface area (Å²) in [4.78, 5) is 11.8. The number of benzene rings is 1. The predicted molar refractivity (Wildman–Crippen MR) is 71.7 cm³/mol. The van der Waals surface area contributed by atoms with E-state index in [4.69, 9.17) is 11.6 Å². The van der Waals surface area contributed by atoms with Gasteiger partial charge in [-0.15, -0.1) is 0 Å². The highest BCUT2D eigenvalue weighted by Gasteiger charge is 2.10. The monoisotopic (exact) mass is 254 g/mol. The maximum atomic E-state index is 11.8. The molecular formula is C13H19ClN2O. The molecule has 3 nitrogen and oxygen atoms in total. The van der Waals surface area contributed by atoms with Crippen LogP contribution < -0.4 is 10.6 Å². The van der Waals surface area contributed by atoms with Crippen molar-refractivity contribution in [1.82, 2.24) is 10.6 Å². The van der Waals surface area contributed by atoms with Crippen LogP contribution in [-0.4, -0.2) is 25.0 Å². The standard InChI is InChI=1S/C13H19ClN2O/c1-9(2)15-7-8-16-13(17)11-6-4-5-10(3)12(11)14/h4-6,9,15H,7-8H2,1-3H3,(H,16,17). The maximum absolute atomic E-state index is 11.8. The SMILES string of the molecule is Cc1cccc(C(=O)NCCNC(C)C)c1Cl. The zero-order valence-corrected chi connectivity index (χ0v) is 11.3. The average molecular weight is 255 g/mol. The minimum absolute atomic E-state index is 0.121. The van der Waals surface area contributed by atoms with Gasteiger partial charge in [-0.05, 0) is 18.6 Å². The van der Waals surface area contributed by atoms with E-state index in [0.717, 1.165) is 12.1 Å². The Labute approximate surface area is 108 Å². The van der Waals surface area contributed by atoms with Crippen molar-refractivity contribution in [3.63, 3.8) is 0 Å². The van der Waals surface area contributed by atoms with Gasteiger partial charge < -0.3 is 10.6 Å². The number of halogens is 1. The van der Waals surface area contributed by atoms with E-state index >= 15 is 0 Å². The molecule has 1 rings (SSSR count). The van der Waals surface area contributed by atoms with E-state index in [0.29, 0.717) is 23.2 Å². The molecule has 0 spiro atoms. The maximum Gasteiger partial charge on any atom is 0.252 e. The molecule has 0 aliphatic rings. The number of carbonyl (C=O) groups excluding carboxylic acids is 1. The van der Waals surface area contributed by atoms with Crippen LogP contribution in [0.1, 0.15) is 29.8 Å². The first-order valence-electron chi connectivity index (χ1n) is 5.79. The van der Waals surface area contributed by atoms with Gasteiger partial charge in [0, 0.05) is 19.1 Å². The molecule has 0 bridgehead atoms. The van der Waals surface area contributed by atoms with Crippen LogP contribution in [-0.2, 0) is 0 Å². The van der Waals surface area contributed by atoms with Crippen LogP contribution in [0.15, 0.2) is 18.2 Å². The van der Waals surface area contributed by atoms with Crippen molar-refractivity contribution < 1.29 is 4.79 Å². The van der Waals surface area contributed by atoms with Crippen molar-refractivity contribution in [1.29, 1.82) is 0 Å². The second-order valence-corrected chi connectivity index (χ2v) is 4.68. The number of nitrogens with one attached hydrogen (secondary N) is 2. The number of amides is 1. The van der Waals surface area contributed by atoms with Gasteiger partial charge in [-0.2, -0.15) is 0 Å². The second kappa shape index (κ2) is 6.62. The Hall–Kier alpha value is -1.06. The van der Waals surface area contributed by atoms with Gasteiger partial charge in [0.2, 0.25) is 0 Å². The van der Waals surface area contributed by atoms with Crippen molar-refractivity contribution in [3.05, 3.63) is 34.3 Å². The first-order chi connectivity index (χ1) is 8.02. The molecule has 1 amide bonds.